The summed E-state index contributed by atoms with van der Waals surface area (Å²) in [5.74, 6) is 0. The van der Waals surface area contributed by atoms with Crippen LogP contribution in [0.5, 0.6) is 0 Å². The lowest BCUT2D eigenvalue weighted by molar-refractivity contribution is 0.392. The highest BCUT2D eigenvalue weighted by Crippen LogP contribution is 2.17. The third-order valence-electron chi connectivity index (χ3n) is 1.85. The summed E-state index contributed by atoms with van der Waals surface area (Å²) in [5, 5.41) is -0.508. The van der Waals surface area contributed by atoms with Crippen molar-refractivity contribution >= 4 is 10.1 Å². The standard InChI is InChI=1S/C8H12O3S/c1-7-3-5-8(6-4-7)12(9,10)11-2/h3-5,8H,6H2,1-2H3. The van der Waals surface area contributed by atoms with Gasteiger partial charge in [0, 0.05) is 0 Å². The minimum absolute atomic E-state index is 0.508. The molecule has 0 aromatic rings. The zero-order valence-corrected chi connectivity index (χ0v) is 7.97. The molecule has 3 nitrogen and oxygen atoms in total. The Morgan fingerprint density at radius 3 is 2.67 bits per heavy atom. The van der Waals surface area contributed by atoms with Crippen molar-refractivity contribution in [2.75, 3.05) is 7.11 Å². The molecule has 1 aliphatic carbocycles. The maximum Gasteiger partial charge on any atom is 0.273 e. The van der Waals surface area contributed by atoms with E-state index in [9.17, 15) is 8.42 Å². The molecule has 12 heavy (non-hydrogen) atoms. The van der Waals surface area contributed by atoms with Gasteiger partial charge in [-0.15, -0.1) is 0 Å². The highest BCUT2D eigenvalue weighted by atomic mass is 32.2. The van der Waals surface area contributed by atoms with Crippen LogP contribution in [0.25, 0.3) is 0 Å². The molecule has 4 heteroatoms. The molecular formula is C8H12O3S. The average molecular weight is 188 g/mol. The summed E-state index contributed by atoms with van der Waals surface area (Å²) in [6, 6.07) is 0. The highest BCUT2D eigenvalue weighted by molar-refractivity contribution is 7.87. The van der Waals surface area contributed by atoms with Gasteiger partial charge in [-0.3, -0.25) is 4.18 Å². The Balaban J connectivity index is 2.78. The predicted molar refractivity (Wildman–Crippen MR) is 47.2 cm³/mol. The summed E-state index contributed by atoms with van der Waals surface area (Å²) in [6.45, 7) is 1.94. The van der Waals surface area contributed by atoms with Crippen LogP contribution in [0.4, 0.5) is 0 Å². The molecule has 0 aromatic heterocycles. The largest absolute Gasteiger partial charge is 0.273 e. The van der Waals surface area contributed by atoms with E-state index in [-0.39, 0.29) is 0 Å². The molecule has 0 aliphatic heterocycles. The Morgan fingerprint density at radius 1 is 1.58 bits per heavy atom. The van der Waals surface area contributed by atoms with E-state index < -0.39 is 15.4 Å². The van der Waals surface area contributed by atoms with Gasteiger partial charge in [-0.2, -0.15) is 8.42 Å². The summed E-state index contributed by atoms with van der Waals surface area (Å²) in [4.78, 5) is 0. The van der Waals surface area contributed by atoms with E-state index in [4.69, 9.17) is 0 Å². The van der Waals surface area contributed by atoms with Gasteiger partial charge in [-0.25, -0.2) is 0 Å². The van der Waals surface area contributed by atoms with E-state index in [0.717, 1.165) is 5.57 Å². The first-order valence-corrected chi connectivity index (χ1v) is 5.18. The molecule has 0 saturated carbocycles. The minimum Gasteiger partial charge on any atom is -0.273 e. The molecule has 0 heterocycles. The van der Waals surface area contributed by atoms with Gasteiger partial charge in [-0.1, -0.05) is 23.8 Å². The van der Waals surface area contributed by atoms with Gasteiger partial charge in [0.2, 0.25) is 0 Å². The fraction of sp³-hybridized carbons (Fsp3) is 0.500. The SMILES string of the molecule is COS(=O)(=O)C1C=CC(C)=CC1. The molecule has 0 saturated heterocycles. The van der Waals surface area contributed by atoms with E-state index in [0.29, 0.717) is 6.42 Å². The Hall–Kier alpha value is -0.610. The number of hydrogen-bond donors (Lipinski definition) is 0. The van der Waals surface area contributed by atoms with Crippen LogP contribution in [0.15, 0.2) is 23.8 Å². The predicted octanol–water partition coefficient (Wildman–Crippen LogP) is 1.24. The molecule has 0 bridgehead atoms. The van der Waals surface area contributed by atoms with Crippen molar-refractivity contribution in [3.8, 4) is 0 Å². The van der Waals surface area contributed by atoms with Crippen molar-refractivity contribution in [3.63, 3.8) is 0 Å². The first-order valence-electron chi connectivity index (χ1n) is 3.70. The third kappa shape index (κ3) is 1.95. The molecule has 1 aliphatic rings. The second-order valence-electron chi connectivity index (χ2n) is 2.74. The molecule has 0 spiro atoms. The summed E-state index contributed by atoms with van der Waals surface area (Å²) >= 11 is 0. The Bertz CT molecular complexity index is 311. The summed E-state index contributed by atoms with van der Waals surface area (Å²) in [6.07, 6.45) is 5.86. The van der Waals surface area contributed by atoms with Crippen LogP contribution >= 0.6 is 0 Å². The quantitative estimate of drug-likeness (QED) is 0.612. The van der Waals surface area contributed by atoms with Crippen molar-refractivity contribution in [1.29, 1.82) is 0 Å². The Labute approximate surface area is 72.9 Å². The molecule has 1 rings (SSSR count). The molecule has 1 atom stereocenters. The van der Waals surface area contributed by atoms with E-state index in [1.807, 2.05) is 13.0 Å². The van der Waals surface area contributed by atoms with E-state index in [1.165, 1.54) is 7.11 Å². The van der Waals surface area contributed by atoms with Gasteiger partial charge in [0.15, 0.2) is 0 Å². The fourth-order valence-corrected chi connectivity index (χ4v) is 1.90. The molecule has 0 radical (unpaired) electrons. The van der Waals surface area contributed by atoms with Crippen LogP contribution in [-0.2, 0) is 14.3 Å². The van der Waals surface area contributed by atoms with Gasteiger partial charge in [0.25, 0.3) is 10.1 Å². The molecule has 1 unspecified atom stereocenters. The van der Waals surface area contributed by atoms with Crippen LogP contribution in [-0.4, -0.2) is 20.8 Å². The zero-order chi connectivity index (χ0) is 9.19. The third-order valence-corrected chi connectivity index (χ3v) is 3.40. The molecule has 68 valence electrons. The van der Waals surface area contributed by atoms with E-state index in [2.05, 4.69) is 4.18 Å². The summed E-state index contributed by atoms with van der Waals surface area (Å²) in [5.41, 5.74) is 1.09. The molecule has 0 fully saturated rings. The van der Waals surface area contributed by atoms with E-state index in [1.54, 1.807) is 12.2 Å². The van der Waals surface area contributed by atoms with Gasteiger partial charge in [0.1, 0.15) is 5.25 Å². The maximum absolute atomic E-state index is 11.2. The average Bonchev–Trinajstić information content (AvgIpc) is 2.05. The van der Waals surface area contributed by atoms with Crippen LogP contribution in [0, 0.1) is 0 Å². The lowest BCUT2D eigenvalue weighted by Gasteiger charge is -2.13. The van der Waals surface area contributed by atoms with Gasteiger partial charge < -0.3 is 0 Å². The lowest BCUT2D eigenvalue weighted by Crippen LogP contribution is -2.20. The molecule has 0 N–H and O–H groups in total. The second-order valence-corrected chi connectivity index (χ2v) is 4.67. The number of rotatable bonds is 2. The smallest absolute Gasteiger partial charge is 0.273 e. The normalized spacial score (nSPS) is 23.8. The van der Waals surface area contributed by atoms with Gasteiger partial charge in [0.05, 0.1) is 7.11 Å². The van der Waals surface area contributed by atoms with E-state index >= 15 is 0 Å². The van der Waals surface area contributed by atoms with Crippen molar-refractivity contribution < 1.29 is 12.6 Å². The second kappa shape index (κ2) is 3.41. The van der Waals surface area contributed by atoms with Crippen LogP contribution in [0.1, 0.15) is 13.3 Å². The van der Waals surface area contributed by atoms with Crippen molar-refractivity contribution in [2.24, 2.45) is 0 Å². The van der Waals surface area contributed by atoms with Gasteiger partial charge in [-0.05, 0) is 13.3 Å². The lowest BCUT2D eigenvalue weighted by atomic mass is 10.1. The number of hydrogen-bond acceptors (Lipinski definition) is 3. The Morgan fingerprint density at radius 2 is 2.25 bits per heavy atom. The van der Waals surface area contributed by atoms with Crippen LogP contribution in [0.3, 0.4) is 0 Å². The topological polar surface area (TPSA) is 43.4 Å². The van der Waals surface area contributed by atoms with Crippen LogP contribution < -0.4 is 0 Å². The first kappa shape index (κ1) is 9.48. The summed E-state index contributed by atoms with van der Waals surface area (Å²) < 4.78 is 26.7. The van der Waals surface area contributed by atoms with Crippen molar-refractivity contribution in [1.82, 2.24) is 0 Å². The summed E-state index contributed by atoms with van der Waals surface area (Å²) in [7, 11) is -2.19. The monoisotopic (exact) mass is 188 g/mol. The molecule has 0 amide bonds. The zero-order valence-electron chi connectivity index (χ0n) is 7.15. The molecule has 0 aromatic carbocycles. The maximum atomic E-state index is 11.2. The van der Waals surface area contributed by atoms with Gasteiger partial charge >= 0.3 is 0 Å². The fourth-order valence-electron chi connectivity index (χ4n) is 1.05. The van der Waals surface area contributed by atoms with Crippen LogP contribution in [0.2, 0.25) is 0 Å². The minimum atomic E-state index is -3.38. The molecular weight excluding hydrogens is 176 g/mol. The van der Waals surface area contributed by atoms with Crippen molar-refractivity contribution in [2.45, 2.75) is 18.6 Å². The van der Waals surface area contributed by atoms with Crippen molar-refractivity contribution in [3.05, 3.63) is 23.8 Å². The highest BCUT2D eigenvalue weighted by Gasteiger charge is 2.22. The Kier molecular flexibility index (Phi) is 2.69. The number of allylic oxidation sites excluding steroid dienone is 3. The first-order chi connectivity index (χ1) is 5.56.